The third-order valence-corrected chi connectivity index (χ3v) is 6.61. The molecule has 1 amide bonds. The molecule has 1 N–H and O–H groups in total. The number of benzene rings is 1. The Balaban J connectivity index is 1.73. The van der Waals surface area contributed by atoms with Crippen LogP contribution in [-0.4, -0.2) is 45.7 Å². The molecule has 1 aromatic heterocycles. The van der Waals surface area contributed by atoms with Crippen molar-refractivity contribution in [2.24, 2.45) is 10.1 Å². The summed E-state index contributed by atoms with van der Waals surface area (Å²) >= 11 is 1.37. The largest absolute Gasteiger partial charge is 0.497 e. The van der Waals surface area contributed by atoms with E-state index < -0.39 is 5.91 Å². The summed E-state index contributed by atoms with van der Waals surface area (Å²) in [6, 6.07) is 7.60. The van der Waals surface area contributed by atoms with Gasteiger partial charge in [-0.05, 0) is 68.3 Å². The van der Waals surface area contributed by atoms with E-state index >= 15 is 0 Å². The molecule has 0 radical (unpaired) electrons. The number of thioether (sulfide) groups is 1. The summed E-state index contributed by atoms with van der Waals surface area (Å²) in [7, 11) is 3.25. The van der Waals surface area contributed by atoms with Crippen LogP contribution in [0.2, 0.25) is 0 Å². The number of aromatic nitrogens is 1. The molecule has 0 fully saturated rings. The Morgan fingerprint density at radius 1 is 1.18 bits per heavy atom. The van der Waals surface area contributed by atoms with E-state index in [0.717, 1.165) is 46.9 Å². The van der Waals surface area contributed by atoms with Gasteiger partial charge in [0.15, 0.2) is 5.84 Å². The number of amidine groups is 2. The Labute approximate surface area is 197 Å². The van der Waals surface area contributed by atoms with Crippen LogP contribution in [0.15, 0.2) is 39.9 Å². The first-order valence-electron chi connectivity index (χ1n) is 10.8. The van der Waals surface area contributed by atoms with Crippen molar-refractivity contribution in [2.45, 2.75) is 40.0 Å². The first-order valence-corrected chi connectivity index (χ1v) is 11.6. The number of amides is 1. The number of ether oxygens (including phenoxy) is 2. The summed E-state index contributed by atoms with van der Waals surface area (Å²) in [5.41, 5.74) is 3.75. The first-order chi connectivity index (χ1) is 15.9. The fraction of sp³-hybridized carbons (Fsp3) is 0.333. The standard InChI is InChI=1S/C24H27N5O3S/c1-6-7-8-21-27-29-22(25)18(23(30)26-24(29)33-21)12-16-11-14(2)28(15(16)3)19-13-17(31-4)9-10-20(19)32-5/h9-13,25H,6-8H2,1-5H3/b18-12-,25-22?. The number of methoxy groups -OCH3 is 2. The second kappa shape index (κ2) is 9.27. The number of aliphatic imine (C=N–C) groups is 1. The van der Waals surface area contributed by atoms with Crippen molar-refractivity contribution in [3.8, 4) is 17.2 Å². The molecule has 0 saturated carbocycles. The number of hydrogen-bond donors (Lipinski definition) is 1. The number of hydrogen-bond acceptors (Lipinski definition) is 6. The smallest absolute Gasteiger partial charge is 0.283 e. The van der Waals surface area contributed by atoms with Gasteiger partial charge in [-0.25, -0.2) is 0 Å². The lowest BCUT2D eigenvalue weighted by molar-refractivity contribution is -0.114. The van der Waals surface area contributed by atoms with Gasteiger partial charge in [-0.3, -0.25) is 10.2 Å². The summed E-state index contributed by atoms with van der Waals surface area (Å²) in [4.78, 5) is 17.0. The molecule has 2 aromatic rings. The quantitative estimate of drug-likeness (QED) is 0.586. The normalized spacial score (nSPS) is 16.8. The van der Waals surface area contributed by atoms with E-state index in [0.29, 0.717) is 16.7 Å². The number of nitrogens with zero attached hydrogens (tertiary/aromatic N) is 4. The van der Waals surface area contributed by atoms with E-state index in [1.807, 2.05) is 42.7 Å². The number of unbranched alkanes of at least 4 members (excludes halogenated alkanes) is 1. The molecule has 0 spiro atoms. The number of carbonyl (C=O) groups is 1. The van der Waals surface area contributed by atoms with Gasteiger partial charge in [0.05, 0.1) is 25.5 Å². The predicted molar refractivity (Wildman–Crippen MR) is 133 cm³/mol. The molecule has 8 nitrogen and oxygen atoms in total. The maximum Gasteiger partial charge on any atom is 0.283 e. The Bertz CT molecular complexity index is 1220. The van der Waals surface area contributed by atoms with E-state index in [1.54, 1.807) is 20.3 Å². The third-order valence-electron chi connectivity index (χ3n) is 5.64. The van der Waals surface area contributed by atoms with Gasteiger partial charge < -0.3 is 14.0 Å². The Hall–Kier alpha value is -3.33. The van der Waals surface area contributed by atoms with Gasteiger partial charge in [-0.2, -0.15) is 15.1 Å². The Morgan fingerprint density at radius 2 is 1.97 bits per heavy atom. The zero-order valence-electron chi connectivity index (χ0n) is 19.4. The number of fused-ring (bicyclic) bond motifs is 1. The summed E-state index contributed by atoms with van der Waals surface area (Å²) in [6.07, 6.45) is 4.61. The van der Waals surface area contributed by atoms with Crippen molar-refractivity contribution in [1.82, 2.24) is 9.58 Å². The monoisotopic (exact) mass is 465 g/mol. The second-order valence-electron chi connectivity index (χ2n) is 7.82. The zero-order chi connectivity index (χ0) is 23.7. The SMILES string of the molecule is CCCCC1=NN2C(=N)/C(=C/c3cc(C)n(-c4cc(OC)ccc4OC)c3C)C(=O)N=C2S1. The van der Waals surface area contributed by atoms with E-state index in [-0.39, 0.29) is 11.4 Å². The number of rotatable bonds is 7. The highest BCUT2D eigenvalue weighted by Gasteiger charge is 2.35. The van der Waals surface area contributed by atoms with E-state index in [9.17, 15) is 4.79 Å². The lowest BCUT2D eigenvalue weighted by Gasteiger charge is -2.20. The van der Waals surface area contributed by atoms with Crippen LogP contribution < -0.4 is 9.47 Å². The molecule has 2 aliphatic heterocycles. The summed E-state index contributed by atoms with van der Waals surface area (Å²) < 4.78 is 13.0. The van der Waals surface area contributed by atoms with Crippen molar-refractivity contribution in [3.63, 3.8) is 0 Å². The van der Waals surface area contributed by atoms with Crippen LogP contribution in [0.4, 0.5) is 0 Å². The van der Waals surface area contributed by atoms with Crippen molar-refractivity contribution in [1.29, 1.82) is 5.41 Å². The molecule has 0 saturated heterocycles. The molecule has 172 valence electrons. The number of aryl methyl sites for hydroxylation is 1. The van der Waals surface area contributed by atoms with Gasteiger partial charge in [0.25, 0.3) is 5.91 Å². The third kappa shape index (κ3) is 4.20. The minimum atomic E-state index is -0.422. The highest BCUT2D eigenvalue weighted by molar-refractivity contribution is 8.26. The zero-order valence-corrected chi connectivity index (χ0v) is 20.2. The predicted octanol–water partition coefficient (Wildman–Crippen LogP) is 4.92. The van der Waals surface area contributed by atoms with E-state index in [4.69, 9.17) is 14.9 Å². The maximum atomic E-state index is 12.8. The van der Waals surface area contributed by atoms with E-state index in [2.05, 4.69) is 17.0 Å². The molecule has 0 atom stereocenters. The van der Waals surface area contributed by atoms with Gasteiger partial charge in [-0.15, -0.1) is 0 Å². The lowest BCUT2D eigenvalue weighted by Crippen LogP contribution is -2.35. The van der Waals surface area contributed by atoms with Crippen LogP contribution in [0.25, 0.3) is 11.8 Å². The van der Waals surface area contributed by atoms with Gasteiger partial charge in [0.2, 0.25) is 5.17 Å². The summed E-state index contributed by atoms with van der Waals surface area (Å²) in [5.74, 6) is 1.05. The average Bonchev–Trinajstić information content (AvgIpc) is 3.34. The molecular formula is C24H27N5O3S. The van der Waals surface area contributed by atoms with Gasteiger partial charge in [0, 0.05) is 17.5 Å². The number of hydrazone groups is 1. The summed E-state index contributed by atoms with van der Waals surface area (Å²) in [5, 5.41) is 16.0. The lowest BCUT2D eigenvalue weighted by atomic mass is 10.1. The van der Waals surface area contributed by atoms with Crippen LogP contribution in [0.5, 0.6) is 11.5 Å². The average molecular weight is 466 g/mol. The Kier molecular flexibility index (Phi) is 6.42. The second-order valence-corrected chi connectivity index (χ2v) is 8.86. The van der Waals surface area contributed by atoms with Crippen molar-refractivity contribution in [2.75, 3.05) is 14.2 Å². The van der Waals surface area contributed by atoms with Crippen LogP contribution in [0.1, 0.15) is 43.1 Å². The van der Waals surface area contributed by atoms with Gasteiger partial charge >= 0.3 is 0 Å². The highest BCUT2D eigenvalue weighted by atomic mass is 32.2. The topological polar surface area (TPSA) is 92.3 Å². The minimum Gasteiger partial charge on any atom is -0.497 e. The molecule has 9 heteroatoms. The fourth-order valence-electron chi connectivity index (χ4n) is 3.89. The molecule has 3 heterocycles. The first kappa shape index (κ1) is 22.8. The minimum absolute atomic E-state index is 0.0489. The van der Waals surface area contributed by atoms with Gasteiger partial charge in [-0.1, -0.05) is 13.3 Å². The molecule has 33 heavy (non-hydrogen) atoms. The van der Waals surface area contributed by atoms with Crippen LogP contribution in [0.3, 0.4) is 0 Å². The number of nitrogens with one attached hydrogen (secondary N) is 1. The Morgan fingerprint density at radius 3 is 2.67 bits per heavy atom. The molecule has 4 rings (SSSR count). The van der Waals surface area contributed by atoms with Crippen molar-refractivity contribution in [3.05, 3.63) is 46.8 Å². The molecular weight excluding hydrogens is 438 g/mol. The van der Waals surface area contributed by atoms with Gasteiger partial charge in [0.1, 0.15) is 16.5 Å². The molecule has 2 aliphatic rings. The number of carbonyl (C=O) groups excluding carboxylic acids is 1. The van der Waals surface area contributed by atoms with Crippen molar-refractivity contribution >= 4 is 39.8 Å². The van der Waals surface area contributed by atoms with E-state index in [1.165, 1.54) is 16.8 Å². The van der Waals surface area contributed by atoms with Crippen LogP contribution in [-0.2, 0) is 4.79 Å². The maximum absolute atomic E-state index is 12.8. The molecule has 0 bridgehead atoms. The highest BCUT2D eigenvalue weighted by Crippen LogP contribution is 2.34. The van der Waals surface area contributed by atoms with Crippen molar-refractivity contribution < 1.29 is 14.3 Å². The molecule has 1 aromatic carbocycles. The fourth-order valence-corrected chi connectivity index (χ4v) is 4.82. The summed E-state index contributed by atoms with van der Waals surface area (Å²) in [6.45, 7) is 6.07. The van der Waals surface area contributed by atoms with Crippen LogP contribution in [0, 0.1) is 19.3 Å². The molecule has 0 unspecified atom stereocenters. The van der Waals surface area contributed by atoms with Crippen LogP contribution >= 0.6 is 11.8 Å². The molecule has 0 aliphatic carbocycles.